The van der Waals surface area contributed by atoms with Crippen LogP contribution in [0.15, 0.2) is 18.2 Å². The molecule has 13 heavy (non-hydrogen) atoms. The second-order valence-electron chi connectivity index (χ2n) is 3.16. The van der Waals surface area contributed by atoms with Gasteiger partial charge in [0.25, 0.3) is 0 Å². The number of aryl methyl sites for hydroxylation is 2. The first-order valence-corrected chi connectivity index (χ1v) is 6.29. The second-order valence-corrected chi connectivity index (χ2v) is 5.49. The molecule has 2 aromatic rings. The molecule has 1 aromatic carbocycles. The molecule has 2 heteroatoms. The van der Waals surface area contributed by atoms with Crippen LogP contribution in [0.4, 0.5) is 0 Å². The molecule has 0 unspecified atom stereocenters. The minimum Gasteiger partial charge on any atom is -0.139 e. The van der Waals surface area contributed by atoms with Crippen molar-refractivity contribution in [1.29, 1.82) is 0 Å². The number of rotatable bonds is 1. The molecule has 1 heterocycles. The summed E-state index contributed by atoms with van der Waals surface area (Å²) in [6.45, 7) is 4.39. The van der Waals surface area contributed by atoms with Crippen molar-refractivity contribution in [2.45, 2.75) is 20.3 Å². The minimum atomic E-state index is 1.13. The molecule has 0 fully saturated rings. The molecule has 0 amide bonds. The van der Waals surface area contributed by atoms with E-state index in [1.165, 1.54) is 24.1 Å². The van der Waals surface area contributed by atoms with Crippen molar-refractivity contribution in [1.82, 2.24) is 0 Å². The summed E-state index contributed by atoms with van der Waals surface area (Å²) in [7, 11) is 0. The van der Waals surface area contributed by atoms with E-state index in [0.717, 1.165) is 6.42 Å². The highest BCUT2D eigenvalue weighted by Crippen LogP contribution is 2.32. The molecular formula is C11H11IS. The quantitative estimate of drug-likeness (QED) is 0.686. The van der Waals surface area contributed by atoms with E-state index in [4.69, 9.17) is 0 Å². The number of fused-ring (bicyclic) bond motifs is 1. The first kappa shape index (κ1) is 9.46. The molecule has 0 bridgehead atoms. The Morgan fingerprint density at radius 1 is 1.38 bits per heavy atom. The van der Waals surface area contributed by atoms with Crippen molar-refractivity contribution < 1.29 is 0 Å². The van der Waals surface area contributed by atoms with E-state index in [9.17, 15) is 0 Å². The van der Waals surface area contributed by atoms with Crippen LogP contribution in [0.2, 0.25) is 0 Å². The smallest absolute Gasteiger partial charge is 0.0356 e. The number of benzene rings is 1. The Morgan fingerprint density at radius 2 is 2.15 bits per heavy atom. The van der Waals surface area contributed by atoms with E-state index < -0.39 is 0 Å². The molecule has 0 aliphatic carbocycles. The van der Waals surface area contributed by atoms with Crippen LogP contribution < -0.4 is 0 Å². The van der Waals surface area contributed by atoms with Gasteiger partial charge in [-0.25, -0.2) is 0 Å². The summed E-state index contributed by atoms with van der Waals surface area (Å²) in [6, 6.07) is 6.79. The summed E-state index contributed by atoms with van der Waals surface area (Å²) < 4.78 is 2.84. The number of halogens is 1. The van der Waals surface area contributed by atoms with Crippen molar-refractivity contribution in [3.8, 4) is 0 Å². The maximum Gasteiger partial charge on any atom is 0.0356 e. The summed E-state index contributed by atoms with van der Waals surface area (Å²) in [4.78, 5) is 1.43. The SMILES string of the molecule is CCc1ccc2sc(C)c(I)c2c1. The molecule has 0 spiro atoms. The van der Waals surface area contributed by atoms with Gasteiger partial charge in [-0.1, -0.05) is 13.0 Å². The Labute approximate surface area is 96.1 Å². The maximum absolute atomic E-state index is 2.44. The topological polar surface area (TPSA) is 0 Å². The van der Waals surface area contributed by atoms with Gasteiger partial charge in [0.05, 0.1) is 0 Å². The number of hydrogen-bond acceptors (Lipinski definition) is 1. The average Bonchev–Trinajstić information content (AvgIpc) is 2.43. The van der Waals surface area contributed by atoms with Crippen LogP contribution in [-0.2, 0) is 6.42 Å². The molecule has 0 saturated carbocycles. The van der Waals surface area contributed by atoms with Crippen molar-refractivity contribution >= 4 is 44.0 Å². The average molecular weight is 302 g/mol. The first-order valence-electron chi connectivity index (χ1n) is 4.40. The summed E-state index contributed by atoms with van der Waals surface area (Å²) >= 11 is 4.33. The van der Waals surface area contributed by atoms with E-state index in [-0.39, 0.29) is 0 Å². The third kappa shape index (κ3) is 1.62. The van der Waals surface area contributed by atoms with Crippen LogP contribution in [0.1, 0.15) is 17.4 Å². The third-order valence-corrected chi connectivity index (χ3v) is 5.10. The lowest BCUT2D eigenvalue weighted by Gasteiger charge is -1.96. The van der Waals surface area contributed by atoms with E-state index in [1.54, 1.807) is 0 Å². The molecule has 0 nitrogen and oxygen atoms in total. The standard InChI is InChI=1S/C11H11IS/c1-3-8-4-5-10-9(6-8)11(12)7(2)13-10/h4-6H,3H2,1-2H3. The molecule has 0 radical (unpaired) electrons. The van der Waals surface area contributed by atoms with E-state index in [1.807, 2.05) is 11.3 Å². The van der Waals surface area contributed by atoms with Crippen LogP contribution in [0.5, 0.6) is 0 Å². The summed E-state index contributed by atoms with van der Waals surface area (Å²) in [6.07, 6.45) is 1.13. The van der Waals surface area contributed by atoms with Crippen molar-refractivity contribution in [3.05, 3.63) is 32.2 Å². The predicted molar refractivity (Wildman–Crippen MR) is 68.7 cm³/mol. The molecule has 0 aliphatic heterocycles. The first-order chi connectivity index (χ1) is 6.22. The monoisotopic (exact) mass is 302 g/mol. The van der Waals surface area contributed by atoms with Gasteiger partial charge in [-0.3, -0.25) is 0 Å². The lowest BCUT2D eigenvalue weighted by atomic mass is 10.1. The zero-order valence-electron chi connectivity index (χ0n) is 7.73. The summed E-state index contributed by atoms with van der Waals surface area (Å²) in [5.41, 5.74) is 1.43. The largest absolute Gasteiger partial charge is 0.139 e. The molecule has 2 rings (SSSR count). The molecule has 0 atom stereocenters. The Kier molecular flexibility index (Phi) is 2.60. The van der Waals surface area contributed by atoms with Crippen molar-refractivity contribution in [3.63, 3.8) is 0 Å². The lowest BCUT2D eigenvalue weighted by Crippen LogP contribution is -1.78. The van der Waals surface area contributed by atoms with Gasteiger partial charge < -0.3 is 0 Å². The zero-order valence-corrected chi connectivity index (χ0v) is 10.7. The zero-order chi connectivity index (χ0) is 9.42. The Morgan fingerprint density at radius 3 is 2.85 bits per heavy atom. The maximum atomic E-state index is 2.44. The predicted octanol–water partition coefficient (Wildman–Crippen LogP) is 4.38. The van der Waals surface area contributed by atoms with Crippen LogP contribution in [0, 0.1) is 10.5 Å². The van der Waals surface area contributed by atoms with Crippen LogP contribution in [0.3, 0.4) is 0 Å². The van der Waals surface area contributed by atoms with Crippen LogP contribution in [-0.4, -0.2) is 0 Å². The number of hydrogen-bond donors (Lipinski definition) is 0. The van der Waals surface area contributed by atoms with E-state index in [2.05, 4.69) is 54.6 Å². The van der Waals surface area contributed by atoms with Gasteiger partial charge in [-0.15, -0.1) is 11.3 Å². The molecule has 0 saturated heterocycles. The van der Waals surface area contributed by atoms with Crippen molar-refractivity contribution in [2.75, 3.05) is 0 Å². The van der Waals surface area contributed by atoms with Gasteiger partial charge in [0.1, 0.15) is 0 Å². The second kappa shape index (κ2) is 3.58. The van der Waals surface area contributed by atoms with Crippen LogP contribution in [0.25, 0.3) is 10.1 Å². The number of thiophene rings is 1. The lowest BCUT2D eigenvalue weighted by molar-refractivity contribution is 1.15. The van der Waals surface area contributed by atoms with Gasteiger partial charge in [0.15, 0.2) is 0 Å². The molecule has 0 aliphatic rings. The highest BCUT2D eigenvalue weighted by atomic mass is 127. The molecule has 68 valence electrons. The van der Waals surface area contributed by atoms with Gasteiger partial charge in [-0.05, 0) is 53.6 Å². The van der Waals surface area contributed by atoms with Crippen LogP contribution >= 0.6 is 33.9 Å². The summed E-state index contributed by atoms with van der Waals surface area (Å²) in [5, 5.41) is 1.43. The molecular weight excluding hydrogens is 291 g/mol. The van der Waals surface area contributed by atoms with E-state index >= 15 is 0 Å². The molecule has 1 aromatic heterocycles. The van der Waals surface area contributed by atoms with Gasteiger partial charge in [0, 0.05) is 18.5 Å². The molecule has 0 N–H and O–H groups in total. The van der Waals surface area contributed by atoms with Gasteiger partial charge in [-0.2, -0.15) is 0 Å². The van der Waals surface area contributed by atoms with Crippen molar-refractivity contribution in [2.24, 2.45) is 0 Å². The highest BCUT2D eigenvalue weighted by Gasteiger charge is 2.05. The Bertz CT molecular complexity index is 443. The third-order valence-electron chi connectivity index (χ3n) is 2.26. The van der Waals surface area contributed by atoms with Gasteiger partial charge >= 0.3 is 0 Å². The van der Waals surface area contributed by atoms with Gasteiger partial charge in [0.2, 0.25) is 0 Å². The van der Waals surface area contributed by atoms with E-state index in [0.29, 0.717) is 0 Å². The summed E-state index contributed by atoms with van der Waals surface area (Å²) in [5.74, 6) is 0. The Hall–Kier alpha value is -0.0900. The fourth-order valence-electron chi connectivity index (χ4n) is 1.46. The fourth-order valence-corrected chi connectivity index (χ4v) is 3.35. The fraction of sp³-hybridized carbons (Fsp3) is 0.273. The Balaban J connectivity index is 2.75. The normalized spacial score (nSPS) is 11.0. The highest BCUT2D eigenvalue weighted by molar-refractivity contribution is 14.1. The minimum absolute atomic E-state index is 1.13.